The largest absolute Gasteiger partial charge is 0.427 e. The summed E-state index contributed by atoms with van der Waals surface area (Å²) in [5, 5.41) is 18.9. The number of aromatic nitrogens is 2. The Labute approximate surface area is 150 Å². The highest BCUT2D eigenvalue weighted by Gasteiger charge is 2.20. The fourth-order valence-corrected chi connectivity index (χ4v) is 2.77. The first kappa shape index (κ1) is 17.8. The van der Waals surface area contributed by atoms with E-state index in [9.17, 15) is 18.9 Å². The summed E-state index contributed by atoms with van der Waals surface area (Å²) < 4.78 is 34.6. The molecule has 3 rings (SSSR count). The number of rotatable bonds is 6. The Morgan fingerprint density at radius 2 is 1.92 bits per heavy atom. The van der Waals surface area contributed by atoms with Gasteiger partial charge in [-0.3, -0.25) is 10.1 Å². The Bertz CT molecular complexity index is 931. The van der Waals surface area contributed by atoms with E-state index in [-0.39, 0.29) is 5.22 Å². The van der Waals surface area contributed by atoms with Crippen molar-refractivity contribution in [3.8, 4) is 17.2 Å². The summed E-state index contributed by atoms with van der Waals surface area (Å²) in [6, 6.07) is 11.1. The van der Waals surface area contributed by atoms with Crippen LogP contribution in [0.15, 0.2) is 57.0 Å². The highest BCUT2D eigenvalue weighted by Crippen LogP contribution is 2.36. The van der Waals surface area contributed by atoms with Crippen LogP contribution in [0.1, 0.15) is 5.56 Å². The fourth-order valence-electron chi connectivity index (χ4n) is 2.06. The van der Waals surface area contributed by atoms with Crippen molar-refractivity contribution in [2.24, 2.45) is 0 Å². The summed E-state index contributed by atoms with van der Waals surface area (Å²) in [6.45, 7) is -1.22. The predicted octanol–water partition coefficient (Wildman–Crippen LogP) is 4.71. The van der Waals surface area contributed by atoms with Crippen molar-refractivity contribution in [2.45, 2.75) is 23.7 Å². The molecule has 0 saturated carbocycles. The summed E-state index contributed by atoms with van der Waals surface area (Å²) in [6.07, 6.45) is 0. The van der Waals surface area contributed by atoms with Crippen molar-refractivity contribution < 1.29 is 22.9 Å². The van der Waals surface area contributed by atoms with Gasteiger partial charge in [0.25, 0.3) is 5.22 Å². The van der Waals surface area contributed by atoms with Crippen molar-refractivity contribution >= 4 is 17.4 Å². The van der Waals surface area contributed by atoms with Crippen LogP contribution in [0.25, 0.3) is 11.5 Å². The topological polar surface area (TPSA) is 91.3 Å². The third-order valence-corrected chi connectivity index (χ3v) is 4.08. The number of hydrogen-bond acceptors (Lipinski definition) is 7. The average molecular weight is 379 g/mol. The maximum absolute atomic E-state index is 12.4. The van der Waals surface area contributed by atoms with Crippen molar-refractivity contribution in [2.75, 3.05) is 0 Å². The Morgan fingerprint density at radius 1 is 1.19 bits per heavy atom. The summed E-state index contributed by atoms with van der Waals surface area (Å²) in [5.74, 6) is -0.230. The standard InChI is InChI=1S/C16H11F2N3O4S/c1-9-2-4-10(5-3-9)14-19-20-16(25-14)26-11-6-7-12(21(22)23)13(8-11)24-15(17)18/h2-8,15H,1H3. The molecule has 0 radical (unpaired) electrons. The predicted molar refractivity (Wildman–Crippen MR) is 88.3 cm³/mol. The Hall–Kier alpha value is -3.01. The summed E-state index contributed by atoms with van der Waals surface area (Å²) in [5.41, 5.74) is 1.26. The molecule has 0 bridgehead atoms. The van der Waals surface area contributed by atoms with E-state index in [1.54, 1.807) is 0 Å². The zero-order chi connectivity index (χ0) is 18.7. The lowest BCUT2D eigenvalue weighted by atomic mass is 10.1. The molecule has 26 heavy (non-hydrogen) atoms. The van der Waals surface area contributed by atoms with Gasteiger partial charge in [0.05, 0.1) is 4.92 Å². The van der Waals surface area contributed by atoms with E-state index in [0.29, 0.717) is 10.8 Å². The van der Waals surface area contributed by atoms with Crippen LogP contribution in [0.2, 0.25) is 0 Å². The van der Waals surface area contributed by atoms with Gasteiger partial charge in [0.1, 0.15) is 0 Å². The number of nitro groups is 1. The fraction of sp³-hybridized carbons (Fsp3) is 0.125. The third-order valence-electron chi connectivity index (χ3n) is 3.25. The lowest BCUT2D eigenvalue weighted by molar-refractivity contribution is -0.386. The lowest BCUT2D eigenvalue weighted by Gasteiger charge is -2.06. The normalized spacial score (nSPS) is 10.9. The average Bonchev–Trinajstić information content (AvgIpc) is 3.03. The number of benzene rings is 2. The molecule has 7 nitrogen and oxygen atoms in total. The number of ether oxygens (including phenoxy) is 1. The van der Waals surface area contributed by atoms with Gasteiger partial charge in [0, 0.05) is 22.6 Å². The zero-order valence-corrected chi connectivity index (χ0v) is 14.1. The van der Waals surface area contributed by atoms with Crippen LogP contribution in [0.5, 0.6) is 5.75 Å². The molecule has 134 valence electrons. The molecular formula is C16H11F2N3O4S. The minimum Gasteiger partial charge on any atom is -0.427 e. The number of aryl methyl sites for hydroxylation is 1. The van der Waals surface area contributed by atoms with Gasteiger partial charge in [0.15, 0.2) is 0 Å². The molecule has 2 aromatic carbocycles. The van der Waals surface area contributed by atoms with E-state index in [1.165, 1.54) is 6.07 Å². The van der Waals surface area contributed by atoms with Crippen molar-refractivity contribution in [3.63, 3.8) is 0 Å². The van der Waals surface area contributed by atoms with Crippen LogP contribution in [0, 0.1) is 17.0 Å². The highest BCUT2D eigenvalue weighted by atomic mass is 32.2. The second kappa shape index (κ2) is 7.48. The van der Waals surface area contributed by atoms with Gasteiger partial charge in [-0.1, -0.05) is 17.7 Å². The molecule has 1 aromatic heterocycles. The van der Waals surface area contributed by atoms with Gasteiger partial charge in [-0.05, 0) is 36.9 Å². The van der Waals surface area contributed by atoms with Crippen molar-refractivity contribution in [1.29, 1.82) is 0 Å². The van der Waals surface area contributed by atoms with Gasteiger partial charge in [0.2, 0.25) is 11.6 Å². The van der Waals surface area contributed by atoms with Crippen molar-refractivity contribution in [1.82, 2.24) is 10.2 Å². The Balaban J connectivity index is 1.82. The number of nitrogens with zero attached hydrogens (tertiary/aromatic N) is 3. The van der Waals surface area contributed by atoms with E-state index in [0.717, 1.165) is 35.0 Å². The minimum absolute atomic E-state index is 0.164. The molecule has 10 heteroatoms. The van der Waals surface area contributed by atoms with Crippen LogP contribution in [0.3, 0.4) is 0 Å². The van der Waals surface area contributed by atoms with E-state index in [4.69, 9.17) is 4.42 Å². The van der Waals surface area contributed by atoms with Crippen LogP contribution in [0.4, 0.5) is 14.5 Å². The first-order chi connectivity index (χ1) is 12.4. The monoisotopic (exact) mass is 379 g/mol. The van der Waals surface area contributed by atoms with Gasteiger partial charge in [-0.15, -0.1) is 10.2 Å². The molecular weight excluding hydrogens is 368 g/mol. The molecule has 0 atom stereocenters. The van der Waals surface area contributed by atoms with E-state index >= 15 is 0 Å². The molecule has 0 spiro atoms. The van der Waals surface area contributed by atoms with Gasteiger partial charge >= 0.3 is 12.3 Å². The molecule has 0 aliphatic carbocycles. The molecule has 0 unspecified atom stereocenters. The molecule has 0 fully saturated rings. The molecule has 0 amide bonds. The van der Waals surface area contributed by atoms with E-state index < -0.39 is 23.0 Å². The van der Waals surface area contributed by atoms with Crippen molar-refractivity contribution in [3.05, 3.63) is 58.1 Å². The van der Waals surface area contributed by atoms with Gasteiger partial charge in [-0.25, -0.2) is 0 Å². The maximum atomic E-state index is 12.4. The zero-order valence-electron chi connectivity index (χ0n) is 13.3. The van der Waals surface area contributed by atoms with Crippen LogP contribution < -0.4 is 4.74 Å². The van der Waals surface area contributed by atoms with Gasteiger partial charge in [-0.2, -0.15) is 8.78 Å². The molecule has 0 aliphatic rings. The maximum Gasteiger partial charge on any atom is 0.387 e. The molecule has 1 heterocycles. The van der Waals surface area contributed by atoms with E-state index in [1.807, 2.05) is 31.2 Å². The van der Waals surface area contributed by atoms with Crippen LogP contribution in [-0.2, 0) is 0 Å². The van der Waals surface area contributed by atoms with Crippen LogP contribution >= 0.6 is 11.8 Å². The molecule has 3 aromatic rings. The Kier molecular flexibility index (Phi) is 5.12. The second-order valence-corrected chi connectivity index (χ2v) is 6.13. The van der Waals surface area contributed by atoms with E-state index in [2.05, 4.69) is 14.9 Å². The second-order valence-electron chi connectivity index (χ2n) is 5.11. The van der Waals surface area contributed by atoms with Crippen LogP contribution in [-0.4, -0.2) is 21.7 Å². The first-order valence-electron chi connectivity index (χ1n) is 7.24. The highest BCUT2D eigenvalue weighted by molar-refractivity contribution is 7.99. The number of hydrogen-bond donors (Lipinski definition) is 0. The SMILES string of the molecule is Cc1ccc(-c2nnc(Sc3ccc([N+](=O)[O-])c(OC(F)F)c3)o2)cc1. The smallest absolute Gasteiger partial charge is 0.387 e. The Morgan fingerprint density at radius 3 is 2.58 bits per heavy atom. The molecule has 0 N–H and O–H groups in total. The number of alkyl halides is 2. The van der Waals surface area contributed by atoms with Gasteiger partial charge < -0.3 is 9.15 Å². The first-order valence-corrected chi connectivity index (χ1v) is 8.05. The third kappa shape index (κ3) is 4.14. The molecule has 0 saturated heterocycles. The quantitative estimate of drug-likeness (QED) is 0.452. The summed E-state index contributed by atoms with van der Waals surface area (Å²) in [7, 11) is 0. The lowest BCUT2D eigenvalue weighted by Crippen LogP contribution is -2.04. The molecule has 0 aliphatic heterocycles. The summed E-state index contributed by atoms with van der Waals surface area (Å²) in [4.78, 5) is 10.5. The summed E-state index contributed by atoms with van der Waals surface area (Å²) >= 11 is 0.980. The number of halogens is 2. The minimum atomic E-state index is -3.18. The number of nitro benzene ring substituents is 1.